The fraction of sp³-hybridized carbons (Fsp3) is 0.300. The van der Waals surface area contributed by atoms with Crippen LogP contribution >= 0.6 is 0 Å². The fourth-order valence-electron chi connectivity index (χ4n) is 3.84. The Bertz CT molecular complexity index is 982. The minimum Gasteiger partial charge on any atom is -0.469 e. The summed E-state index contributed by atoms with van der Waals surface area (Å²) in [5, 5.41) is 10.7. The number of amides is 1. The second-order valence-corrected chi connectivity index (χ2v) is 6.94. The molecule has 1 aliphatic heterocycles. The second kappa shape index (κ2) is 6.07. The molecule has 28 heavy (non-hydrogen) atoms. The lowest BCUT2D eigenvalue weighted by Gasteiger charge is -2.37. The van der Waals surface area contributed by atoms with E-state index in [9.17, 15) is 27.9 Å². The van der Waals surface area contributed by atoms with E-state index in [1.807, 2.05) is 0 Å². The number of likely N-dealkylation sites (tertiary alicyclic amines) is 1. The molecule has 2 aliphatic rings. The zero-order valence-corrected chi connectivity index (χ0v) is 14.8. The first-order chi connectivity index (χ1) is 13.2. The molecule has 2 aromatic rings. The lowest BCUT2D eigenvalue weighted by Crippen LogP contribution is -2.53. The van der Waals surface area contributed by atoms with Crippen molar-refractivity contribution in [2.75, 3.05) is 20.2 Å². The van der Waals surface area contributed by atoms with Crippen LogP contribution in [0.25, 0.3) is 11.1 Å². The van der Waals surface area contributed by atoms with Gasteiger partial charge in [-0.05, 0) is 23.3 Å². The van der Waals surface area contributed by atoms with E-state index in [1.54, 1.807) is 6.07 Å². The zero-order valence-electron chi connectivity index (χ0n) is 14.8. The third-order valence-electron chi connectivity index (χ3n) is 5.38. The van der Waals surface area contributed by atoms with Gasteiger partial charge in [0.1, 0.15) is 0 Å². The monoisotopic (exact) mass is 391 g/mol. The van der Waals surface area contributed by atoms with Crippen LogP contribution in [0.4, 0.5) is 13.2 Å². The van der Waals surface area contributed by atoms with Gasteiger partial charge in [-0.25, -0.2) is 0 Å². The third kappa shape index (κ3) is 2.44. The van der Waals surface area contributed by atoms with Crippen molar-refractivity contribution in [2.45, 2.75) is 11.8 Å². The lowest BCUT2D eigenvalue weighted by atomic mass is 9.89. The molecular formula is C20H16F3NO4. The number of esters is 1. The van der Waals surface area contributed by atoms with E-state index in [4.69, 9.17) is 0 Å². The molecule has 0 radical (unpaired) electrons. The van der Waals surface area contributed by atoms with Crippen LogP contribution in [-0.4, -0.2) is 48.3 Å². The molecule has 5 nitrogen and oxygen atoms in total. The molecule has 1 aliphatic carbocycles. The number of carbonyl (C=O) groups is 2. The SMILES string of the molecule is COC(=O)C1CN(C(=O)c2ccc3c(c2)C(O)(C(F)(F)F)c2ccccc2-3)C1. The molecule has 1 saturated heterocycles. The summed E-state index contributed by atoms with van der Waals surface area (Å²) in [5.74, 6) is -1.36. The number of rotatable bonds is 2. The highest BCUT2D eigenvalue weighted by Gasteiger charge is 2.60. The number of hydrogen-bond acceptors (Lipinski definition) is 4. The van der Waals surface area contributed by atoms with Crippen LogP contribution in [0.15, 0.2) is 42.5 Å². The average molecular weight is 391 g/mol. The van der Waals surface area contributed by atoms with E-state index < -0.39 is 29.6 Å². The zero-order chi connectivity index (χ0) is 20.3. The van der Waals surface area contributed by atoms with Crippen molar-refractivity contribution in [2.24, 2.45) is 5.92 Å². The highest BCUT2D eigenvalue weighted by molar-refractivity contribution is 5.97. The Morgan fingerprint density at radius 1 is 1.11 bits per heavy atom. The van der Waals surface area contributed by atoms with Gasteiger partial charge in [0.2, 0.25) is 5.60 Å². The maximum absolute atomic E-state index is 13.9. The largest absolute Gasteiger partial charge is 0.469 e. The van der Waals surface area contributed by atoms with Gasteiger partial charge in [0.05, 0.1) is 13.0 Å². The highest BCUT2D eigenvalue weighted by Crippen LogP contribution is 2.55. The number of ether oxygens (including phenoxy) is 1. The Morgan fingerprint density at radius 3 is 2.39 bits per heavy atom. The van der Waals surface area contributed by atoms with Crippen molar-refractivity contribution in [1.29, 1.82) is 0 Å². The van der Waals surface area contributed by atoms with E-state index in [-0.39, 0.29) is 40.9 Å². The molecule has 146 valence electrons. The fourth-order valence-corrected chi connectivity index (χ4v) is 3.84. The van der Waals surface area contributed by atoms with E-state index in [0.29, 0.717) is 0 Å². The Morgan fingerprint density at radius 2 is 1.75 bits per heavy atom. The Balaban J connectivity index is 1.71. The minimum absolute atomic E-state index is 0.0255. The van der Waals surface area contributed by atoms with Gasteiger partial charge in [-0.1, -0.05) is 30.3 Å². The summed E-state index contributed by atoms with van der Waals surface area (Å²) in [5.41, 5.74) is -3.25. The van der Waals surface area contributed by atoms with Crippen molar-refractivity contribution in [3.63, 3.8) is 0 Å². The normalized spacial score (nSPS) is 21.0. The van der Waals surface area contributed by atoms with E-state index in [0.717, 1.165) is 6.07 Å². The number of methoxy groups -OCH3 is 1. The molecule has 0 bridgehead atoms. The van der Waals surface area contributed by atoms with Gasteiger partial charge < -0.3 is 14.7 Å². The first kappa shape index (κ1) is 18.5. The molecule has 1 fully saturated rings. The van der Waals surface area contributed by atoms with Gasteiger partial charge in [-0.3, -0.25) is 9.59 Å². The Hall–Kier alpha value is -2.87. The second-order valence-electron chi connectivity index (χ2n) is 6.94. The standard InChI is InChI=1S/C20H16F3NO4/c1-28-18(26)12-9-24(10-12)17(25)11-6-7-14-13-4-2-3-5-15(13)19(27,16(14)8-11)20(21,22)23/h2-8,12,27H,9-10H2,1H3. The topological polar surface area (TPSA) is 66.8 Å². The van der Waals surface area contributed by atoms with E-state index >= 15 is 0 Å². The maximum atomic E-state index is 13.9. The van der Waals surface area contributed by atoms with Gasteiger partial charge in [0, 0.05) is 29.8 Å². The molecule has 4 rings (SSSR count). The summed E-state index contributed by atoms with van der Waals surface area (Å²) in [6, 6.07) is 9.72. The first-order valence-corrected chi connectivity index (χ1v) is 8.59. The molecule has 1 unspecified atom stereocenters. The summed E-state index contributed by atoms with van der Waals surface area (Å²) in [7, 11) is 1.25. The van der Waals surface area contributed by atoms with Crippen LogP contribution in [0.2, 0.25) is 0 Å². The Labute approximate surface area is 158 Å². The van der Waals surface area contributed by atoms with E-state index in [2.05, 4.69) is 4.74 Å². The third-order valence-corrected chi connectivity index (χ3v) is 5.38. The van der Waals surface area contributed by atoms with Gasteiger partial charge in [-0.15, -0.1) is 0 Å². The van der Waals surface area contributed by atoms with Crippen LogP contribution in [0, 0.1) is 5.92 Å². The number of hydrogen-bond donors (Lipinski definition) is 1. The summed E-state index contributed by atoms with van der Waals surface area (Å²) < 4.78 is 46.2. The number of carbonyl (C=O) groups excluding carboxylic acids is 2. The number of benzene rings is 2. The quantitative estimate of drug-likeness (QED) is 0.800. The first-order valence-electron chi connectivity index (χ1n) is 8.59. The number of aliphatic hydroxyl groups is 1. The summed E-state index contributed by atoms with van der Waals surface area (Å²) in [6.07, 6.45) is -4.96. The predicted molar refractivity (Wildman–Crippen MR) is 92.3 cm³/mol. The number of halogens is 3. The molecule has 1 heterocycles. The molecule has 1 amide bonds. The smallest absolute Gasteiger partial charge is 0.425 e. The molecule has 0 saturated carbocycles. The average Bonchev–Trinajstić information content (AvgIpc) is 2.90. The summed E-state index contributed by atoms with van der Waals surface area (Å²) in [4.78, 5) is 25.4. The number of alkyl halides is 3. The van der Waals surface area contributed by atoms with E-state index in [1.165, 1.54) is 42.3 Å². The maximum Gasteiger partial charge on any atom is 0.425 e. The number of nitrogens with zero attached hydrogens (tertiary/aromatic N) is 1. The van der Waals surface area contributed by atoms with Crippen LogP contribution in [0.3, 0.4) is 0 Å². The van der Waals surface area contributed by atoms with Crippen LogP contribution < -0.4 is 0 Å². The van der Waals surface area contributed by atoms with Crippen molar-refractivity contribution in [1.82, 2.24) is 4.90 Å². The van der Waals surface area contributed by atoms with Crippen molar-refractivity contribution in [3.05, 3.63) is 59.2 Å². The van der Waals surface area contributed by atoms with Gasteiger partial charge in [-0.2, -0.15) is 13.2 Å². The van der Waals surface area contributed by atoms with Gasteiger partial charge >= 0.3 is 12.1 Å². The number of fused-ring (bicyclic) bond motifs is 3. The highest BCUT2D eigenvalue weighted by atomic mass is 19.4. The van der Waals surface area contributed by atoms with Crippen molar-refractivity contribution >= 4 is 11.9 Å². The molecule has 1 atom stereocenters. The van der Waals surface area contributed by atoms with Crippen LogP contribution in [-0.2, 0) is 15.1 Å². The molecule has 1 N–H and O–H groups in total. The minimum atomic E-state index is -4.96. The molecule has 8 heteroatoms. The van der Waals surface area contributed by atoms with Crippen molar-refractivity contribution in [3.8, 4) is 11.1 Å². The summed E-state index contributed by atoms with van der Waals surface area (Å²) in [6.45, 7) is 0.290. The van der Waals surface area contributed by atoms with Gasteiger partial charge in [0.15, 0.2) is 0 Å². The van der Waals surface area contributed by atoms with Crippen LogP contribution in [0.1, 0.15) is 21.5 Å². The predicted octanol–water partition coefficient (Wildman–Crippen LogP) is 2.71. The molecule has 0 aromatic heterocycles. The lowest BCUT2D eigenvalue weighted by molar-refractivity contribution is -0.246. The Kier molecular flexibility index (Phi) is 4.01. The molecule has 0 spiro atoms. The van der Waals surface area contributed by atoms with Gasteiger partial charge in [0.25, 0.3) is 5.91 Å². The summed E-state index contributed by atoms with van der Waals surface area (Å²) >= 11 is 0. The molecular weight excluding hydrogens is 375 g/mol. The van der Waals surface area contributed by atoms with Crippen molar-refractivity contribution < 1.29 is 32.6 Å². The van der Waals surface area contributed by atoms with Crippen LogP contribution in [0.5, 0.6) is 0 Å². The molecule has 2 aromatic carbocycles.